The number of hydrogen-bond acceptors (Lipinski definition) is 2. The minimum absolute atomic E-state index is 0.0303. The maximum atomic E-state index is 11.9. The topological polar surface area (TPSA) is 26.3 Å². The minimum atomic E-state index is -0.0303. The molecule has 8 atom stereocenters. The highest BCUT2D eigenvalue weighted by molar-refractivity contribution is 5.69. The molecule has 3 fully saturated rings. The van der Waals surface area contributed by atoms with Crippen molar-refractivity contribution >= 4 is 5.97 Å². The van der Waals surface area contributed by atoms with Gasteiger partial charge in [0, 0.05) is 6.42 Å². The van der Waals surface area contributed by atoms with Gasteiger partial charge in [0.05, 0.1) is 7.11 Å². The first-order chi connectivity index (χ1) is 12.8. The lowest BCUT2D eigenvalue weighted by molar-refractivity contribution is -0.142. The van der Waals surface area contributed by atoms with Crippen LogP contribution in [0.1, 0.15) is 85.5 Å². The molecule has 0 radical (unpaired) electrons. The van der Waals surface area contributed by atoms with Gasteiger partial charge in [-0.1, -0.05) is 39.3 Å². The molecule has 4 aliphatic carbocycles. The zero-order chi connectivity index (χ0) is 19.4. The summed E-state index contributed by atoms with van der Waals surface area (Å²) in [4.78, 5) is 11.9. The van der Waals surface area contributed by atoms with E-state index < -0.39 is 0 Å². The molecule has 2 heteroatoms. The number of hydrogen-bond donors (Lipinski definition) is 0. The molecule has 0 aromatic carbocycles. The van der Waals surface area contributed by atoms with Gasteiger partial charge in [-0.3, -0.25) is 4.79 Å². The monoisotopic (exact) mass is 372 g/mol. The fraction of sp³-hybridized carbons (Fsp3) is 0.880. The first-order valence-corrected chi connectivity index (χ1v) is 11.6. The normalized spacial score (nSPS) is 47.3. The van der Waals surface area contributed by atoms with Crippen LogP contribution in [0.3, 0.4) is 0 Å². The molecule has 2 nitrogen and oxygen atoms in total. The molecule has 27 heavy (non-hydrogen) atoms. The number of carbonyl (C=O) groups excluding carboxylic acids is 1. The molecule has 3 unspecified atom stereocenters. The van der Waals surface area contributed by atoms with Crippen molar-refractivity contribution in [3.63, 3.8) is 0 Å². The summed E-state index contributed by atoms with van der Waals surface area (Å²) in [6.45, 7) is 9.92. The Balaban J connectivity index is 1.56. The molecule has 0 spiro atoms. The van der Waals surface area contributed by atoms with Crippen molar-refractivity contribution in [1.29, 1.82) is 0 Å². The second-order valence-electron chi connectivity index (χ2n) is 11.1. The Hall–Kier alpha value is -0.790. The van der Waals surface area contributed by atoms with Gasteiger partial charge in [-0.25, -0.2) is 0 Å². The Morgan fingerprint density at radius 1 is 1.19 bits per heavy atom. The molecule has 0 saturated heterocycles. The SMILES string of the molecule is COC(=O)C[C@@H](C)[C@H]1CCC2C3CC=C4C[C@@H](C)CC[C@]4(C)C3CC[C@@]21C. The standard InChI is InChI=1S/C25H40O2/c1-16-10-12-24(3)18(14-16)6-7-19-21-9-8-20(17(2)15-23(26)27-5)25(21,4)13-11-22(19)24/h6,16-17,19-22H,7-15H2,1-5H3/t16-,17+,19?,20+,21?,22?,24-,25+/m0/s1. The van der Waals surface area contributed by atoms with Crippen molar-refractivity contribution in [2.75, 3.05) is 7.11 Å². The first-order valence-electron chi connectivity index (χ1n) is 11.6. The minimum Gasteiger partial charge on any atom is -0.469 e. The fourth-order valence-corrected chi connectivity index (χ4v) is 8.31. The number of esters is 1. The van der Waals surface area contributed by atoms with Gasteiger partial charge in [0.1, 0.15) is 0 Å². The number of carbonyl (C=O) groups is 1. The second-order valence-corrected chi connectivity index (χ2v) is 11.1. The Bertz CT molecular complexity index is 622. The molecular formula is C25H40O2. The zero-order valence-corrected chi connectivity index (χ0v) is 18.2. The summed E-state index contributed by atoms with van der Waals surface area (Å²) in [7, 11) is 1.52. The third-order valence-electron chi connectivity index (χ3n) is 9.83. The Labute approximate surface area is 166 Å². The van der Waals surface area contributed by atoms with Crippen LogP contribution < -0.4 is 0 Å². The predicted octanol–water partition coefficient (Wildman–Crippen LogP) is 6.40. The van der Waals surface area contributed by atoms with Crippen molar-refractivity contribution < 1.29 is 9.53 Å². The maximum absolute atomic E-state index is 11.9. The second kappa shape index (κ2) is 6.92. The first kappa shape index (κ1) is 19.5. The molecule has 4 rings (SSSR count). The number of allylic oxidation sites excluding steroid dienone is 2. The summed E-state index contributed by atoms with van der Waals surface area (Å²) in [6, 6.07) is 0. The molecule has 0 bridgehead atoms. The van der Waals surface area contributed by atoms with Crippen LogP contribution in [0.5, 0.6) is 0 Å². The van der Waals surface area contributed by atoms with E-state index in [1.807, 2.05) is 0 Å². The van der Waals surface area contributed by atoms with E-state index in [2.05, 4.69) is 33.8 Å². The van der Waals surface area contributed by atoms with E-state index in [0.29, 0.717) is 29.1 Å². The van der Waals surface area contributed by atoms with Gasteiger partial charge in [-0.2, -0.15) is 0 Å². The van der Waals surface area contributed by atoms with E-state index in [9.17, 15) is 4.79 Å². The van der Waals surface area contributed by atoms with Crippen molar-refractivity contribution in [3.8, 4) is 0 Å². The molecule has 0 amide bonds. The summed E-state index contributed by atoms with van der Waals surface area (Å²) in [5.41, 5.74) is 2.71. The smallest absolute Gasteiger partial charge is 0.305 e. The highest BCUT2D eigenvalue weighted by Crippen LogP contribution is 2.67. The van der Waals surface area contributed by atoms with Gasteiger partial charge in [0.25, 0.3) is 0 Å². The average Bonchev–Trinajstić information content (AvgIpc) is 2.99. The lowest BCUT2D eigenvalue weighted by atomic mass is 9.46. The zero-order valence-electron chi connectivity index (χ0n) is 18.2. The van der Waals surface area contributed by atoms with E-state index in [4.69, 9.17) is 4.74 Å². The number of methoxy groups -OCH3 is 1. The van der Waals surface area contributed by atoms with Gasteiger partial charge >= 0.3 is 5.97 Å². The van der Waals surface area contributed by atoms with E-state index in [1.54, 1.807) is 5.57 Å². The predicted molar refractivity (Wildman–Crippen MR) is 110 cm³/mol. The van der Waals surface area contributed by atoms with Crippen LogP contribution in [0, 0.1) is 46.3 Å². The lowest BCUT2D eigenvalue weighted by Crippen LogP contribution is -2.50. The van der Waals surface area contributed by atoms with Crippen LogP contribution in [-0.4, -0.2) is 13.1 Å². The summed E-state index contributed by atoms with van der Waals surface area (Å²) < 4.78 is 4.97. The number of ether oxygens (including phenoxy) is 1. The van der Waals surface area contributed by atoms with Crippen LogP contribution in [0.4, 0.5) is 0 Å². The highest BCUT2D eigenvalue weighted by atomic mass is 16.5. The summed E-state index contributed by atoms with van der Waals surface area (Å²) >= 11 is 0. The largest absolute Gasteiger partial charge is 0.469 e. The quantitative estimate of drug-likeness (QED) is 0.423. The average molecular weight is 373 g/mol. The molecule has 152 valence electrons. The third-order valence-corrected chi connectivity index (χ3v) is 9.83. The van der Waals surface area contributed by atoms with Crippen molar-refractivity contribution in [3.05, 3.63) is 11.6 Å². The molecule has 0 aliphatic heterocycles. The van der Waals surface area contributed by atoms with E-state index in [0.717, 1.165) is 23.7 Å². The molecule has 3 saturated carbocycles. The lowest BCUT2D eigenvalue weighted by Gasteiger charge is -2.58. The molecule has 0 aromatic heterocycles. The molecule has 0 heterocycles. The molecule has 4 aliphatic rings. The van der Waals surface area contributed by atoms with E-state index in [-0.39, 0.29) is 5.97 Å². The maximum Gasteiger partial charge on any atom is 0.305 e. The Kier molecular flexibility index (Phi) is 5.00. The molecular weight excluding hydrogens is 332 g/mol. The number of fused-ring (bicyclic) bond motifs is 5. The van der Waals surface area contributed by atoms with E-state index in [1.165, 1.54) is 58.5 Å². The third kappa shape index (κ3) is 3.01. The fourth-order valence-electron chi connectivity index (χ4n) is 8.31. The Morgan fingerprint density at radius 2 is 1.96 bits per heavy atom. The van der Waals surface area contributed by atoms with Gasteiger partial charge in [0.15, 0.2) is 0 Å². The van der Waals surface area contributed by atoms with Crippen LogP contribution in [0.2, 0.25) is 0 Å². The van der Waals surface area contributed by atoms with Crippen LogP contribution in [0.15, 0.2) is 11.6 Å². The van der Waals surface area contributed by atoms with Crippen LogP contribution in [0.25, 0.3) is 0 Å². The van der Waals surface area contributed by atoms with Gasteiger partial charge in [-0.05, 0) is 97.7 Å². The van der Waals surface area contributed by atoms with Gasteiger partial charge in [-0.15, -0.1) is 0 Å². The summed E-state index contributed by atoms with van der Waals surface area (Å²) in [5.74, 6) is 4.62. The molecule has 0 aromatic rings. The van der Waals surface area contributed by atoms with Crippen LogP contribution in [-0.2, 0) is 9.53 Å². The molecule has 0 N–H and O–H groups in total. The highest BCUT2D eigenvalue weighted by Gasteiger charge is 2.59. The van der Waals surface area contributed by atoms with Crippen molar-refractivity contribution in [2.45, 2.75) is 85.5 Å². The number of rotatable bonds is 3. The van der Waals surface area contributed by atoms with Crippen molar-refractivity contribution in [1.82, 2.24) is 0 Å². The van der Waals surface area contributed by atoms with Gasteiger partial charge < -0.3 is 4.74 Å². The van der Waals surface area contributed by atoms with Crippen molar-refractivity contribution in [2.24, 2.45) is 46.3 Å². The van der Waals surface area contributed by atoms with Crippen LogP contribution >= 0.6 is 0 Å². The Morgan fingerprint density at radius 3 is 2.70 bits per heavy atom. The van der Waals surface area contributed by atoms with E-state index >= 15 is 0 Å². The van der Waals surface area contributed by atoms with Gasteiger partial charge in [0.2, 0.25) is 0 Å². The summed E-state index contributed by atoms with van der Waals surface area (Å²) in [6.07, 6.45) is 14.2. The summed E-state index contributed by atoms with van der Waals surface area (Å²) in [5, 5.41) is 0.